The molecule has 2 amide bonds. The lowest BCUT2D eigenvalue weighted by atomic mass is 9.96. The van der Waals surface area contributed by atoms with Crippen molar-refractivity contribution >= 4 is 39.1 Å². The first-order chi connectivity index (χ1) is 11.5. The second-order valence-electron chi connectivity index (χ2n) is 5.80. The van der Waals surface area contributed by atoms with Crippen LogP contribution in [0.4, 0.5) is 11.4 Å². The quantitative estimate of drug-likeness (QED) is 0.837. The maximum atomic E-state index is 12.1. The molecule has 0 unspecified atom stereocenters. The Bertz CT molecular complexity index is 734. The Kier molecular flexibility index (Phi) is 4.89. The number of carbonyl (C=O) groups is 2. The Balaban J connectivity index is 1.59. The van der Waals surface area contributed by atoms with Gasteiger partial charge in [0.25, 0.3) is 5.91 Å². The summed E-state index contributed by atoms with van der Waals surface area (Å²) in [5.41, 5.74) is 7.60. The van der Waals surface area contributed by atoms with E-state index in [0.717, 1.165) is 31.6 Å². The van der Waals surface area contributed by atoms with Crippen LogP contribution in [0, 0.1) is 5.92 Å². The van der Waals surface area contributed by atoms with E-state index in [1.54, 1.807) is 6.07 Å². The summed E-state index contributed by atoms with van der Waals surface area (Å²) < 4.78 is 5.58. The predicted molar refractivity (Wildman–Crippen MR) is 94.9 cm³/mol. The minimum atomic E-state index is -0.223. The minimum absolute atomic E-state index is 0.0194. The maximum absolute atomic E-state index is 12.1. The molecule has 6 nitrogen and oxygen atoms in total. The molecule has 1 aliphatic heterocycles. The first-order valence-electron chi connectivity index (χ1n) is 7.72. The van der Waals surface area contributed by atoms with Crippen LogP contribution < -0.4 is 16.0 Å². The lowest BCUT2D eigenvalue weighted by molar-refractivity contribution is -0.122. The van der Waals surface area contributed by atoms with Gasteiger partial charge < -0.3 is 20.4 Å². The molecule has 0 atom stereocenters. The van der Waals surface area contributed by atoms with Gasteiger partial charge in [0.15, 0.2) is 4.67 Å². The zero-order valence-electron chi connectivity index (χ0n) is 13.0. The molecular weight excluding hydrogens is 374 g/mol. The van der Waals surface area contributed by atoms with Crippen molar-refractivity contribution in [1.29, 1.82) is 0 Å². The van der Waals surface area contributed by atoms with Gasteiger partial charge in [0.05, 0.1) is 5.56 Å². The fourth-order valence-corrected chi connectivity index (χ4v) is 3.15. The van der Waals surface area contributed by atoms with Crippen LogP contribution in [-0.4, -0.2) is 24.9 Å². The van der Waals surface area contributed by atoms with Gasteiger partial charge in [-0.05, 0) is 53.0 Å². The van der Waals surface area contributed by atoms with Crippen LogP contribution in [0.15, 0.2) is 45.7 Å². The highest BCUT2D eigenvalue weighted by Crippen LogP contribution is 2.25. The predicted octanol–water partition coefficient (Wildman–Crippen LogP) is 3.00. The van der Waals surface area contributed by atoms with Crippen molar-refractivity contribution in [1.82, 2.24) is 0 Å². The third-order valence-electron chi connectivity index (χ3n) is 4.22. The number of rotatable bonds is 4. The summed E-state index contributed by atoms with van der Waals surface area (Å²) in [6.07, 6.45) is 2.96. The van der Waals surface area contributed by atoms with Gasteiger partial charge in [-0.3, -0.25) is 9.59 Å². The third-order valence-corrected chi connectivity index (χ3v) is 4.63. The average Bonchev–Trinajstić information content (AvgIpc) is 3.02. The Labute approximate surface area is 148 Å². The molecule has 1 aromatic carbocycles. The molecule has 7 heteroatoms. The number of nitrogens with one attached hydrogen (secondary N) is 1. The number of hydrogen-bond donors (Lipinski definition) is 2. The molecule has 0 aliphatic carbocycles. The van der Waals surface area contributed by atoms with E-state index in [9.17, 15) is 9.59 Å². The number of nitrogens with zero attached hydrogens (tertiary/aromatic N) is 1. The summed E-state index contributed by atoms with van der Waals surface area (Å²) in [6.45, 7) is 1.62. The molecule has 1 fully saturated rings. The lowest BCUT2D eigenvalue weighted by Crippen LogP contribution is -2.38. The molecule has 1 saturated heterocycles. The molecule has 0 radical (unpaired) electrons. The summed E-state index contributed by atoms with van der Waals surface area (Å²) in [5.74, 6) is -0.452. The standard InChI is InChI=1S/C17H18BrN3O3/c18-15-9-12(10-24-15)17(23)20-13-1-3-14(4-2-13)21-7-5-11(6-8-21)16(19)22/h1-4,9-11H,5-8H2,(H2,19,22)(H,20,23). The Morgan fingerprint density at radius 3 is 2.42 bits per heavy atom. The molecule has 1 aliphatic rings. The summed E-state index contributed by atoms with van der Waals surface area (Å²) >= 11 is 3.17. The molecule has 0 bridgehead atoms. The first-order valence-corrected chi connectivity index (χ1v) is 8.52. The Morgan fingerprint density at radius 1 is 1.21 bits per heavy atom. The number of nitrogens with two attached hydrogens (primary N) is 1. The zero-order chi connectivity index (χ0) is 17.1. The lowest BCUT2D eigenvalue weighted by Gasteiger charge is -2.32. The number of furan rings is 1. The minimum Gasteiger partial charge on any atom is -0.457 e. The number of piperidine rings is 1. The largest absolute Gasteiger partial charge is 0.457 e. The number of primary amides is 1. The monoisotopic (exact) mass is 391 g/mol. The van der Waals surface area contributed by atoms with Crippen LogP contribution in [0.5, 0.6) is 0 Å². The van der Waals surface area contributed by atoms with Gasteiger partial charge in [0.2, 0.25) is 5.91 Å². The molecule has 3 N–H and O–H groups in total. The van der Waals surface area contributed by atoms with Crippen LogP contribution in [0.3, 0.4) is 0 Å². The van der Waals surface area contributed by atoms with E-state index < -0.39 is 0 Å². The molecule has 1 aromatic heterocycles. The molecule has 2 heterocycles. The Hall–Kier alpha value is -2.28. The molecule has 24 heavy (non-hydrogen) atoms. The maximum Gasteiger partial charge on any atom is 0.258 e. The summed E-state index contributed by atoms with van der Waals surface area (Å²) in [5, 5.41) is 2.82. The van der Waals surface area contributed by atoms with Crippen LogP contribution in [0.2, 0.25) is 0 Å². The normalized spacial score (nSPS) is 15.3. The topological polar surface area (TPSA) is 88.6 Å². The first kappa shape index (κ1) is 16.6. The fourth-order valence-electron chi connectivity index (χ4n) is 2.81. The number of anilines is 2. The van der Waals surface area contributed by atoms with Gasteiger partial charge in [-0.15, -0.1) is 0 Å². The van der Waals surface area contributed by atoms with Gasteiger partial charge in [-0.1, -0.05) is 0 Å². The number of amides is 2. The molecule has 0 saturated carbocycles. The number of carbonyl (C=O) groups excluding carboxylic acids is 2. The molecule has 0 spiro atoms. The van der Waals surface area contributed by atoms with Crippen molar-refractivity contribution in [3.05, 3.63) is 46.8 Å². The fraction of sp³-hybridized carbons (Fsp3) is 0.294. The highest BCUT2D eigenvalue weighted by molar-refractivity contribution is 9.10. The van der Waals surface area contributed by atoms with E-state index in [1.165, 1.54) is 6.26 Å². The van der Waals surface area contributed by atoms with E-state index in [1.807, 2.05) is 24.3 Å². The molecular formula is C17H18BrN3O3. The van der Waals surface area contributed by atoms with Crippen LogP contribution in [0.1, 0.15) is 23.2 Å². The van der Waals surface area contributed by atoms with E-state index in [4.69, 9.17) is 10.2 Å². The van der Waals surface area contributed by atoms with E-state index in [2.05, 4.69) is 26.1 Å². The van der Waals surface area contributed by atoms with Crippen LogP contribution >= 0.6 is 15.9 Å². The van der Waals surface area contributed by atoms with Crippen molar-refractivity contribution in [2.75, 3.05) is 23.3 Å². The van der Waals surface area contributed by atoms with Crippen molar-refractivity contribution in [3.63, 3.8) is 0 Å². The number of benzene rings is 1. The zero-order valence-corrected chi connectivity index (χ0v) is 14.6. The van der Waals surface area contributed by atoms with Gasteiger partial charge in [-0.25, -0.2) is 0 Å². The van der Waals surface area contributed by atoms with Gasteiger partial charge in [0.1, 0.15) is 6.26 Å². The van der Waals surface area contributed by atoms with Gasteiger partial charge in [0, 0.05) is 36.4 Å². The van der Waals surface area contributed by atoms with E-state index in [-0.39, 0.29) is 17.7 Å². The highest BCUT2D eigenvalue weighted by atomic mass is 79.9. The van der Waals surface area contributed by atoms with E-state index >= 15 is 0 Å². The summed E-state index contributed by atoms with van der Waals surface area (Å²) in [7, 11) is 0. The molecule has 2 aromatic rings. The number of halogens is 1. The smallest absolute Gasteiger partial charge is 0.258 e. The summed E-state index contributed by atoms with van der Waals surface area (Å²) in [6, 6.07) is 9.27. The summed E-state index contributed by atoms with van der Waals surface area (Å²) in [4.78, 5) is 25.5. The van der Waals surface area contributed by atoms with E-state index in [0.29, 0.717) is 15.9 Å². The molecule has 3 rings (SSSR count). The second-order valence-corrected chi connectivity index (χ2v) is 6.59. The number of hydrogen-bond acceptors (Lipinski definition) is 4. The van der Waals surface area contributed by atoms with Crippen molar-refractivity contribution in [3.8, 4) is 0 Å². The third kappa shape index (κ3) is 3.79. The molecule has 126 valence electrons. The Morgan fingerprint density at radius 2 is 1.88 bits per heavy atom. The van der Waals surface area contributed by atoms with Gasteiger partial charge in [-0.2, -0.15) is 0 Å². The van der Waals surface area contributed by atoms with Gasteiger partial charge >= 0.3 is 0 Å². The highest BCUT2D eigenvalue weighted by Gasteiger charge is 2.23. The van der Waals surface area contributed by atoms with Crippen molar-refractivity contribution in [2.45, 2.75) is 12.8 Å². The van der Waals surface area contributed by atoms with Crippen molar-refractivity contribution in [2.24, 2.45) is 11.7 Å². The van der Waals surface area contributed by atoms with Crippen molar-refractivity contribution < 1.29 is 14.0 Å². The van der Waals surface area contributed by atoms with Crippen LogP contribution in [-0.2, 0) is 4.79 Å². The van der Waals surface area contributed by atoms with Crippen LogP contribution in [0.25, 0.3) is 0 Å². The average molecular weight is 392 g/mol. The second kappa shape index (κ2) is 7.09. The SMILES string of the molecule is NC(=O)C1CCN(c2ccc(NC(=O)c3coc(Br)c3)cc2)CC1.